The second kappa shape index (κ2) is 4.18. The molecule has 0 amide bonds. The lowest BCUT2D eigenvalue weighted by molar-refractivity contribution is -0.137. The third kappa shape index (κ3) is 2.59. The summed E-state index contributed by atoms with van der Waals surface area (Å²) >= 11 is 0. The van der Waals surface area contributed by atoms with Gasteiger partial charge in [0.25, 0.3) is 0 Å². The molecule has 1 aromatic carbocycles. The molecule has 78 valence electrons. The summed E-state index contributed by atoms with van der Waals surface area (Å²) in [5.74, 6) is 0. The predicted molar refractivity (Wildman–Crippen MR) is 50.7 cm³/mol. The lowest BCUT2D eigenvalue weighted by Gasteiger charge is -2.12. The van der Waals surface area contributed by atoms with Gasteiger partial charge in [-0.3, -0.25) is 0 Å². The minimum atomic E-state index is -4.39. The number of allylic oxidation sites excluding steroid dienone is 2. The fourth-order valence-corrected chi connectivity index (χ4v) is 1.25. The molecule has 0 spiro atoms. The molecule has 0 bridgehead atoms. The Balaban J connectivity index is 3.32. The van der Waals surface area contributed by atoms with Crippen molar-refractivity contribution in [1.82, 2.24) is 0 Å². The molecule has 0 unspecified atom stereocenters. The molecule has 0 radical (unpaired) electrons. The number of alkyl halides is 3. The van der Waals surface area contributed by atoms with Crippen LogP contribution in [0.5, 0.6) is 0 Å². The Hall–Kier alpha value is -1.76. The topological polar surface area (TPSA) is 23.8 Å². The zero-order valence-electron chi connectivity index (χ0n) is 7.97. The van der Waals surface area contributed by atoms with Crippen LogP contribution in [0, 0.1) is 11.3 Å². The molecular weight excluding hydrogens is 203 g/mol. The maximum atomic E-state index is 12.5. The molecule has 1 nitrogen and oxygen atoms in total. The smallest absolute Gasteiger partial charge is 0.193 e. The van der Waals surface area contributed by atoms with E-state index in [1.165, 1.54) is 25.1 Å². The molecule has 0 aromatic heterocycles. The largest absolute Gasteiger partial charge is 0.416 e. The molecule has 0 aliphatic carbocycles. The summed E-state index contributed by atoms with van der Waals surface area (Å²) in [4.78, 5) is 0. The Kier molecular flexibility index (Phi) is 3.15. The van der Waals surface area contributed by atoms with Crippen LogP contribution >= 0.6 is 0 Å². The van der Waals surface area contributed by atoms with Crippen molar-refractivity contribution >= 4 is 5.57 Å². The number of nitriles is 1. The number of rotatable bonds is 1. The maximum absolute atomic E-state index is 12.5. The van der Waals surface area contributed by atoms with Gasteiger partial charge in [-0.05, 0) is 24.1 Å². The molecule has 4 heteroatoms. The highest BCUT2D eigenvalue weighted by Crippen LogP contribution is 2.34. The second-order valence-electron chi connectivity index (χ2n) is 3.00. The quantitative estimate of drug-likeness (QED) is 0.650. The first-order valence-electron chi connectivity index (χ1n) is 4.20. The van der Waals surface area contributed by atoms with Crippen molar-refractivity contribution in [3.05, 3.63) is 41.5 Å². The van der Waals surface area contributed by atoms with Gasteiger partial charge in [0.2, 0.25) is 0 Å². The third-order valence-corrected chi connectivity index (χ3v) is 1.94. The minimum Gasteiger partial charge on any atom is -0.193 e. The van der Waals surface area contributed by atoms with Crippen LogP contribution in [0.4, 0.5) is 13.2 Å². The first-order chi connectivity index (χ1) is 6.96. The number of hydrogen-bond donors (Lipinski definition) is 0. The van der Waals surface area contributed by atoms with Gasteiger partial charge < -0.3 is 0 Å². The zero-order chi connectivity index (χ0) is 11.5. The summed E-state index contributed by atoms with van der Waals surface area (Å²) in [6.45, 7) is 1.48. The van der Waals surface area contributed by atoms with Gasteiger partial charge in [0, 0.05) is 6.08 Å². The van der Waals surface area contributed by atoms with Crippen molar-refractivity contribution < 1.29 is 13.2 Å². The van der Waals surface area contributed by atoms with Crippen molar-refractivity contribution in [2.45, 2.75) is 13.1 Å². The van der Waals surface area contributed by atoms with Gasteiger partial charge in [-0.15, -0.1) is 0 Å². The lowest BCUT2D eigenvalue weighted by atomic mass is 10.0. The molecule has 1 rings (SSSR count). The number of nitrogens with zero attached hydrogens (tertiary/aromatic N) is 1. The van der Waals surface area contributed by atoms with E-state index in [1.807, 2.05) is 0 Å². The van der Waals surface area contributed by atoms with E-state index in [0.717, 1.165) is 12.1 Å². The van der Waals surface area contributed by atoms with Gasteiger partial charge in [-0.1, -0.05) is 18.2 Å². The third-order valence-electron chi connectivity index (χ3n) is 1.94. The van der Waals surface area contributed by atoms with Crippen molar-refractivity contribution in [1.29, 1.82) is 5.26 Å². The molecule has 0 atom stereocenters. The van der Waals surface area contributed by atoms with E-state index in [2.05, 4.69) is 0 Å². The first-order valence-corrected chi connectivity index (χ1v) is 4.20. The molecule has 0 fully saturated rings. The Morgan fingerprint density at radius 1 is 1.33 bits per heavy atom. The molecule has 0 saturated heterocycles. The van der Waals surface area contributed by atoms with Crippen LogP contribution in [0.15, 0.2) is 30.3 Å². The predicted octanol–water partition coefficient (Wildman–Crippen LogP) is 3.63. The van der Waals surface area contributed by atoms with E-state index in [9.17, 15) is 13.2 Å². The number of benzene rings is 1. The normalized spacial score (nSPS) is 12.3. The van der Waals surface area contributed by atoms with E-state index in [4.69, 9.17) is 5.26 Å². The maximum Gasteiger partial charge on any atom is 0.416 e. The minimum absolute atomic E-state index is 0.0477. The Labute approximate surface area is 85.5 Å². The molecule has 0 heterocycles. The van der Waals surface area contributed by atoms with Crippen LogP contribution < -0.4 is 0 Å². The van der Waals surface area contributed by atoms with Gasteiger partial charge in [0.1, 0.15) is 0 Å². The lowest BCUT2D eigenvalue weighted by Crippen LogP contribution is -2.07. The van der Waals surface area contributed by atoms with Crippen molar-refractivity contribution in [2.75, 3.05) is 0 Å². The fraction of sp³-hybridized carbons (Fsp3) is 0.182. The second-order valence-corrected chi connectivity index (χ2v) is 3.00. The summed E-state index contributed by atoms with van der Waals surface area (Å²) < 4.78 is 37.6. The molecule has 15 heavy (non-hydrogen) atoms. The van der Waals surface area contributed by atoms with Crippen LogP contribution in [0.1, 0.15) is 18.1 Å². The molecule has 1 aromatic rings. The standard InChI is InChI=1S/C11H8F3N/c1-8(6-7-15)9-4-2-3-5-10(9)11(12,13)14/h2-6H,1H3. The fourth-order valence-electron chi connectivity index (χ4n) is 1.25. The Morgan fingerprint density at radius 2 is 1.93 bits per heavy atom. The van der Waals surface area contributed by atoms with E-state index in [0.29, 0.717) is 5.57 Å². The first kappa shape index (κ1) is 11.3. The van der Waals surface area contributed by atoms with Crippen molar-refractivity contribution in [3.63, 3.8) is 0 Å². The van der Waals surface area contributed by atoms with E-state index < -0.39 is 11.7 Å². The van der Waals surface area contributed by atoms with E-state index >= 15 is 0 Å². The molecule has 0 aliphatic heterocycles. The molecule has 0 saturated carbocycles. The SMILES string of the molecule is CC(=CC#N)c1ccccc1C(F)(F)F. The summed E-state index contributed by atoms with van der Waals surface area (Å²) in [5, 5.41) is 8.38. The van der Waals surface area contributed by atoms with Gasteiger partial charge >= 0.3 is 6.18 Å². The summed E-state index contributed by atoms with van der Waals surface area (Å²) in [6.07, 6.45) is -3.29. The highest BCUT2D eigenvalue weighted by atomic mass is 19.4. The van der Waals surface area contributed by atoms with Crippen LogP contribution in [-0.2, 0) is 6.18 Å². The van der Waals surface area contributed by atoms with Crippen molar-refractivity contribution in [3.8, 4) is 6.07 Å². The van der Waals surface area contributed by atoms with Crippen LogP contribution in [0.2, 0.25) is 0 Å². The van der Waals surface area contributed by atoms with E-state index in [1.54, 1.807) is 6.07 Å². The number of halogens is 3. The average molecular weight is 211 g/mol. The Bertz CT molecular complexity index is 424. The monoisotopic (exact) mass is 211 g/mol. The molecule has 0 aliphatic rings. The molecular formula is C11H8F3N. The zero-order valence-corrected chi connectivity index (χ0v) is 7.97. The highest BCUT2D eigenvalue weighted by molar-refractivity contribution is 5.68. The Morgan fingerprint density at radius 3 is 2.47 bits per heavy atom. The summed E-state index contributed by atoms with van der Waals surface area (Å²) in [6, 6.07) is 6.91. The highest BCUT2D eigenvalue weighted by Gasteiger charge is 2.33. The summed E-state index contributed by atoms with van der Waals surface area (Å²) in [5.41, 5.74) is -0.356. The van der Waals surface area contributed by atoms with Crippen LogP contribution in [0.25, 0.3) is 5.57 Å². The van der Waals surface area contributed by atoms with Crippen molar-refractivity contribution in [2.24, 2.45) is 0 Å². The average Bonchev–Trinajstić information content (AvgIpc) is 2.17. The van der Waals surface area contributed by atoms with Crippen LogP contribution in [0.3, 0.4) is 0 Å². The molecule has 0 N–H and O–H groups in total. The van der Waals surface area contributed by atoms with Gasteiger partial charge in [-0.2, -0.15) is 18.4 Å². The summed E-state index contributed by atoms with van der Waals surface area (Å²) in [7, 11) is 0. The van der Waals surface area contributed by atoms with E-state index in [-0.39, 0.29) is 5.56 Å². The number of hydrogen-bond acceptors (Lipinski definition) is 1. The van der Waals surface area contributed by atoms with Gasteiger partial charge in [-0.25, -0.2) is 0 Å². The van der Waals surface area contributed by atoms with Gasteiger partial charge in [0.05, 0.1) is 11.6 Å². The van der Waals surface area contributed by atoms with Gasteiger partial charge in [0.15, 0.2) is 0 Å². The van der Waals surface area contributed by atoms with Crippen LogP contribution in [-0.4, -0.2) is 0 Å².